The predicted octanol–water partition coefficient (Wildman–Crippen LogP) is 7.50. The summed E-state index contributed by atoms with van der Waals surface area (Å²) in [4.78, 5) is 0. The van der Waals surface area contributed by atoms with Gasteiger partial charge in [-0.2, -0.15) is 0 Å². The maximum Gasteiger partial charge on any atom is 0.673 e. The van der Waals surface area contributed by atoms with Crippen LogP contribution in [0.25, 0.3) is 0 Å². The molecule has 0 aromatic carbocycles. The summed E-state index contributed by atoms with van der Waals surface area (Å²) >= 11 is 0. The van der Waals surface area contributed by atoms with Crippen molar-refractivity contribution in [1.82, 2.24) is 0 Å². The fourth-order valence-electron chi connectivity index (χ4n) is 3.87. The van der Waals surface area contributed by atoms with Crippen LogP contribution in [-0.2, 0) is 0 Å². The van der Waals surface area contributed by atoms with E-state index in [0.29, 0.717) is 0 Å². The fraction of sp³-hybridized carbons (Fsp3) is 1.00. The minimum Gasteiger partial charge on any atom is -0.418 e. The van der Waals surface area contributed by atoms with Crippen LogP contribution < -0.4 is 0 Å². The highest BCUT2D eigenvalue weighted by molar-refractivity contribution is 7.78. The van der Waals surface area contributed by atoms with Gasteiger partial charge < -0.3 is 17.3 Å². The average Bonchev–Trinajstić information content (AvgIpc) is 2.44. The van der Waals surface area contributed by atoms with E-state index in [1.54, 1.807) is 0 Å². The molecule has 0 N–H and O–H groups in total. The molecule has 0 nitrogen and oxygen atoms in total. The van der Waals surface area contributed by atoms with Crippen LogP contribution in [0.15, 0.2) is 0 Å². The van der Waals surface area contributed by atoms with Gasteiger partial charge in [-0.1, -0.05) is 27.7 Å². The number of hydrogen-bond acceptors (Lipinski definition) is 0. The second-order valence-corrected chi connectivity index (χ2v) is 11.7. The van der Waals surface area contributed by atoms with Crippen LogP contribution in [0, 0.1) is 0 Å². The van der Waals surface area contributed by atoms with Crippen molar-refractivity contribution in [2.45, 2.75) is 104 Å². The topological polar surface area (TPSA) is 0 Å². The molecule has 0 fully saturated rings. The molecule has 0 radical (unpaired) electrons. The highest BCUT2D eigenvalue weighted by atomic mass is 31.2. The van der Waals surface area contributed by atoms with Gasteiger partial charge in [0.1, 0.15) is 0 Å². The molecule has 0 aliphatic carbocycles. The van der Waals surface area contributed by atoms with Gasteiger partial charge in [0.05, 0.1) is 22.6 Å². The summed E-state index contributed by atoms with van der Waals surface area (Å²) in [6.45, 7) is 19.7. The van der Waals surface area contributed by atoms with Gasteiger partial charge >= 0.3 is 7.25 Å². The Morgan fingerprint density at radius 3 is 0.818 bits per heavy atom. The summed E-state index contributed by atoms with van der Waals surface area (Å²) in [5.74, 6) is 0. The van der Waals surface area contributed by atoms with Gasteiger partial charge in [-0.15, -0.1) is 0 Å². The first kappa shape index (κ1) is 24.5. The number of rotatable bonds is 8. The van der Waals surface area contributed by atoms with Crippen LogP contribution in [0.4, 0.5) is 17.3 Å². The molecule has 4 unspecified atom stereocenters. The molecule has 0 aliphatic rings. The van der Waals surface area contributed by atoms with Gasteiger partial charge in [-0.25, -0.2) is 0 Å². The maximum absolute atomic E-state index is 9.75. The normalized spacial score (nSPS) is 20.2. The van der Waals surface area contributed by atoms with Gasteiger partial charge in [0.2, 0.25) is 0 Å². The van der Waals surface area contributed by atoms with Gasteiger partial charge in [0.15, 0.2) is 0 Å². The quantitative estimate of drug-likeness (QED) is 0.242. The van der Waals surface area contributed by atoms with Crippen molar-refractivity contribution in [1.29, 1.82) is 0 Å². The lowest BCUT2D eigenvalue weighted by Gasteiger charge is -2.45. The van der Waals surface area contributed by atoms with E-state index in [9.17, 15) is 17.3 Å². The van der Waals surface area contributed by atoms with Crippen molar-refractivity contribution in [3.8, 4) is 0 Å². The van der Waals surface area contributed by atoms with Crippen molar-refractivity contribution in [3.05, 3.63) is 0 Å². The second kappa shape index (κ2) is 10.9. The Hall–Kier alpha value is 0.215. The fourth-order valence-corrected chi connectivity index (χ4v) is 11.6. The average molecular weight is 346 g/mol. The molecule has 22 heavy (non-hydrogen) atoms. The summed E-state index contributed by atoms with van der Waals surface area (Å²) in [5.41, 5.74) is 3.79. The van der Waals surface area contributed by atoms with Crippen LogP contribution in [0.1, 0.15) is 81.1 Å². The monoisotopic (exact) mass is 346 g/mol. The van der Waals surface area contributed by atoms with E-state index in [1.165, 1.54) is 25.7 Å². The molecule has 0 heterocycles. The first-order valence-corrected chi connectivity index (χ1v) is 10.7. The van der Waals surface area contributed by atoms with Crippen LogP contribution in [-0.4, -0.2) is 29.9 Å². The maximum atomic E-state index is 9.75. The number of hydrogen-bond donors (Lipinski definition) is 0. The van der Waals surface area contributed by atoms with E-state index < -0.39 is 14.5 Å². The zero-order chi connectivity index (χ0) is 18.1. The van der Waals surface area contributed by atoms with Gasteiger partial charge in [0, 0.05) is 7.26 Å². The van der Waals surface area contributed by atoms with Crippen LogP contribution >= 0.6 is 7.26 Å². The molecule has 0 bridgehead atoms. The SMILES string of the molecule is CCC(C)[P+](C(C)CC)(C(C)CC)C(C)CC.F[B-](F)(F)F. The van der Waals surface area contributed by atoms with E-state index in [-0.39, 0.29) is 0 Å². The van der Waals surface area contributed by atoms with Crippen LogP contribution in [0.5, 0.6) is 0 Å². The molecule has 0 amide bonds. The van der Waals surface area contributed by atoms with Gasteiger partial charge in [-0.05, 0) is 53.4 Å². The van der Waals surface area contributed by atoms with E-state index in [2.05, 4.69) is 55.4 Å². The van der Waals surface area contributed by atoms with Crippen molar-refractivity contribution in [2.75, 3.05) is 0 Å². The first-order valence-electron chi connectivity index (χ1n) is 8.68. The first-order chi connectivity index (χ1) is 9.93. The van der Waals surface area contributed by atoms with Gasteiger partial charge in [-0.3, -0.25) is 0 Å². The highest BCUT2D eigenvalue weighted by Gasteiger charge is 2.53. The lowest BCUT2D eigenvalue weighted by molar-refractivity contribution is 0.368. The summed E-state index contributed by atoms with van der Waals surface area (Å²) in [6, 6.07) is 0. The summed E-state index contributed by atoms with van der Waals surface area (Å²) in [7, 11) is -6.86. The molecule has 0 saturated carbocycles. The minimum atomic E-state index is -6.00. The van der Waals surface area contributed by atoms with Crippen molar-refractivity contribution in [2.24, 2.45) is 0 Å². The Morgan fingerprint density at radius 1 is 0.591 bits per heavy atom. The number of halogens is 4. The molecule has 6 heteroatoms. The molecule has 0 aliphatic heterocycles. The van der Waals surface area contributed by atoms with E-state index in [0.717, 1.165) is 22.6 Å². The predicted molar refractivity (Wildman–Crippen MR) is 96.1 cm³/mol. The molecule has 0 aromatic heterocycles. The molecule has 4 atom stereocenters. The van der Waals surface area contributed by atoms with Crippen molar-refractivity contribution < 1.29 is 17.3 Å². The molecule has 0 spiro atoms. The zero-order valence-corrected chi connectivity index (χ0v) is 16.6. The Labute approximate surface area is 136 Å². The Kier molecular flexibility index (Phi) is 12.1. The molecule has 0 rings (SSSR count). The Morgan fingerprint density at radius 2 is 0.727 bits per heavy atom. The van der Waals surface area contributed by atoms with E-state index in [4.69, 9.17) is 0 Å². The standard InChI is InChI=1S/C16H36P.BF4/c1-9-13(5)17(14(6)10-2,15(7)11-3)16(8)12-4;2-1(3,4)5/h13-16H,9-12H2,1-8H3;/q+1;-1. The van der Waals surface area contributed by atoms with Crippen LogP contribution in [0.3, 0.4) is 0 Å². The van der Waals surface area contributed by atoms with E-state index >= 15 is 0 Å². The minimum absolute atomic E-state index is 0.860. The lowest BCUT2D eigenvalue weighted by atomic mass is 10.3. The summed E-state index contributed by atoms with van der Waals surface area (Å²) in [5, 5.41) is 0. The van der Waals surface area contributed by atoms with Crippen molar-refractivity contribution in [3.63, 3.8) is 0 Å². The Balaban J connectivity index is 0. The largest absolute Gasteiger partial charge is 0.673 e. The molecule has 136 valence electrons. The van der Waals surface area contributed by atoms with E-state index in [1.807, 2.05) is 0 Å². The van der Waals surface area contributed by atoms with Gasteiger partial charge in [0.25, 0.3) is 0 Å². The van der Waals surface area contributed by atoms with Crippen LogP contribution in [0.2, 0.25) is 0 Å². The smallest absolute Gasteiger partial charge is 0.418 e. The molecule has 0 aromatic rings. The third kappa shape index (κ3) is 7.19. The third-order valence-corrected chi connectivity index (χ3v) is 13.0. The summed E-state index contributed by atoms with van der Waals surface area (Å²) in [6.07, 6.45) is 5.47. The third-order valence-electron chi connectivity index (χ3n) is 5.42. The molecular weight excluding hydrogens is 310 g/mol. The van der Waals surface area contributed by atoms with Crippen molar-refractivity contribution >= 4 is 14.5 Å². The zero-order valence-electron chi connectivity index (χ0n) is 15.7. The highest BCUT2D eigenvalue weighted by Crippen LogP contribution is 2.76. The second-order valence-electron chi connectivity index (χ2n) is 6.42. The Bertz CT molecular complexity index is 232. The molecule has 0 saturated heterocycles. The lowest BCUT2D eigenvalue weighted by Crippen LogP contribution is -2.34. The molecular formula is C16H36BF4P. The summed E-state index contributed by atoms with van der Waals surface area (Å²) < 4.78 is 39.0.